The molecule has 0 bridgehead atoms. The van der Waals surface area contributed by atoms with Gasteiger partial charge in [-0.05, 0) is 13.3 Å². The van der Waals surface area contributed by atoms with Gasteiger partial charge in [0.25, 0.3) is 5.91 Å². The number of carbonyl (C=O) groups is 1. The number of nitrogens with one attached hydrogen (secondary N) is 1. The number of nitrogens with zero attached hydrogens (tertiary/aromatic N) is 3. The van der Waals surface area contributed by atoms with Gasteiger partial charge in [0.15, 0.2) is 0 Å². The van der Waals surface area contributed by atoms with Gasteiger partial charge in [0.1, 0.15) is 5.69 Å². The van der Waals surface area contributed by atoms with Gasteiger partial charge >= 0.3 is 0 Å². The smallest absolute Gasteiger partial charge is 0.269 e. The highest BCUT2D eigenvalue weighted by atomic mass is 35.5. The maximum Gasteiger partial charge on any atom is 0.269 e. The summed E-state index contributed by atoms with van der Waals surface area (Å²) in [5.74, 6) is -0.0428. The molecule has 2 aliphatic rings. The molecule has 8 heteroatoms. The van der Waals surface area contributed by atoms with Crippen LogP contribution in [0.15, 0.2) is 12.5 Å². The second-order valence-corrected chi connectivity index (χ2v) is 5.55. The molecule has 0 unspecified atom stereocenters. The van der Waals surface area contributed by atoms with Gasteiger partial charge in [-0.1, -0.05) is 0 Å². The number of halogens is 2. The lowest BCUT2D eigenvalue weighted by atomic mass is 10.1. The van der Waals surface area contributed by atoms with E-state index >= 15 is 0 Å². The number of carbonyl (C=O) groups excluding carboxylic acids is 1. The molecule has 2 fully saturated rings. The number of aromatic nitrogens is 2. The minimum absolute atomic E-state index is 0. The van der Waals surface area contributed by atoms with E-state index in [9.17, 15) is 4.79 Å². The van der Waals surface area contributed by atoms with E-state index in [1.807, 2.05) is 7.05 Å². The standard InChI is InChI=1S/C13H20N4O2.2ClH/c1-9-5-17-6-10(3-11(17)7-19-9)15-13(18)12-4-14-8-16(12)2;;/h4,8-11H,3,5-7H2,1-2H3,(H,15,18);2*1H/t9-,10-,11+;;/m1../s1. The zero-order valence-corrected chi connectivity index (χ0v) is 13.8. The van der Waals surface area contributed by atoms with Gasteiger partial charge in [-0.15, -0.1) is 24.8 Å². The first-order valence-corrected chi connectivity index (χ1v) is 6.76. The van der Waals surface area contributed by atoms with Crippen LogP contribution >= 0.6 is 24.8 Å². The molecule has 0 aliphatic carbocycles. The maximum absolute atomic E-state index is 12.1. The molecule has 6 nitrogen and oxygen atoms in total. The summed E-state index contributed by atoms with van der Waals surface area (Å²) in [5.41, 5.74) is 0.606. The van der Waals surface area contributed by atoms with Crippen LogP contribution in [0.25, 0.3) is 0 Å². The van der Waals surface area contributed by atoms with Crippen molar-refractivity contribution in [2.45, 2.75) is 31.5 Å². The molecule has 3 atom stereocenters. The van der Waals surface area contributed by atoms with Crippen molar-refractivity contribution in [3.63, 3.8) is 0 Å². The molecule has 1 aromatic rings. The predicted octanol–water partition coefficient (Wildman–Crippen LogP) is 0.855. The van der Waals surface area contributed by atoms with Crippen molar-refractivity contribution < 1.29 is 9.53 Å². The molecule has 21 heavy (non-hydrogen) atoms. The van der Waals surface area contributed by atoms with Gasteiger partial charge in [-0.3, -0.25) is 9.69 Å². The summed E-state index contributed by atoms with van der Waals surface area (Å²) in [5, 5.41) is 3.10. The van der Waals surface area contributed by atoms with Crippen LogP contribution in [0.2, 0.25) is 0 Å². The highest BCUT2D eigenvalue weighted by Gasteiger charge is 2.36. The molecule has 0 saturated carbocycles. The third-order valence-corrected chi connectivity index (χ3v) is 3.98. The zero-order chi connectivity index (χ0) is 13.4. The van der Waals surface area contributed by atoms with E-state index in [0.717, 1.165) is 26.1 Å². The zero-order valence-electron chi connectivity index (χ0n) is 12.2. The highest BCUT2D eigenvalue weighted by molar-refractivity contribution is 5.92. The largest absolute Gasteiger partial charge is 0.376 e. The number of morpholine rings is 1. The van der Waals surface area contributed by atoms with Crippen LogP contribution in [0, 0.1) is 0 Å². The van der Waals surface area contributed by atoms with E-state index < -0.39 is 0 Å². The molecule has 3 heterocycles. The fourth-order valence-corrected chi connectivity index (χ4v) is 2.98. The molecule has 120 valence electrons. The average molecular weight is 337 g/mol. The molecular weight excluding hydrogens is 315 g/mol. The van der Waals surface area contributed by atoms with Gasteiger partial charge in [-0.25, -0.2) is 4.98 Å². The molecule has 1 amide bonds. The van der Waals surface area contributed by atoms with Crippen molar-refractivity contribution in [1.82, 2.24) is 19.8 Å². The summed E-state index contributed by atoms with van der Waals surface area (Å²) < 4.78 is 7.41. The van der Waals surface area contributed by atoms with E-state index in [0.29, 0.717) is 17.8 Å². The van der Waals surface area contributed by atoms with Crippen molar-refractivity contribution >= 4 is 30.7 Å². The Morgan fingerprint density at radius 2 is 2.19 bits per heavy atom. The lowest BCUT2D eigenvalue weighted by Crippen LogP contribution is -2.45. The first-order chi connectivity index (χ1) is 9.13. The molecule has 1 N–H and O–H groups in total. The molecule has 0 radical (unpaired) electrons. The molecule has 1 aromatic heterocycles. The minimum atomic E-state index is -0.0428. The summed E-state index contributed by atoms with van der Waals surface area (Å²) in [4.78, 5) is 18.5. The summed E-state index contributed by atoms with van der Waals surface area (Å²) >= 11 is 0. The van der Waals surface area contributed by atoms with E-state index in [2.05, 4.69) is 22.1 Å². The number of rotatable bonds is 2. The number of fused-ring (bicyclic) bond motifs is 1. The lowest BCUT2D eigenvalue weighted by molar-refractivity contribution is -0.0390. The Balaban J connectivity index is 0.00000110. The molecule has 0 aromatic carbocycles. The summed E-state index contributed by atoms with van der Waals surface area (Å²) in [7, 11) is 1.83. The van der Waals surface area contributed by atoms with Crippen molar-refractivity contribution in [3.05, 3.63) is 18.2 Å². The number of hydrogen-bond acceptors (Lipinski definition) is 4. The average Bonchev–Trinajstić information content (AvgIpc) is 2.94. The van der Waals surface area contributed by atoms with Crippen molar-refractivity contribution in [3.8, 4) is 0 Å². The molecule has 3 rings (SSSR count). The summed E-state index contributed by atoms with van der Waals surface area (Å²) in [6.07, 6.45) is 4.50. The number of hydrogen-bond donors (Lipinski definition) is 1. The van der Waals surface area contributed by atoms with Gasteiger partial charge in [0, 0.05) is 32.2 Å². The molecule has 2 saturated heterocycles. The third kappa shape index (κ3) is 3.88. The second-order valence-electron chi connectivity index (χ2n) is 5.55. The summed E-state index contributed by atoms with van der Waals surface area (Å²) in [6.45, 7) is 4.75. The van der Waals surface area contributed by atoms with Gasteiger partial charge < -0.3 is 14.6 Å². The Hall–Kier alpha value is -0.820. The van der Waals surface area contributed by atoms with Crippen LogP contribution in [-0.2, 0) is 11.8 Å². The number of amides is 1. The van der Waals surface area contributed by atoms with E-state index in [1.54, 1.807) is 17.1 Å². The fourth-order valence-electron chi connectivity index (χ4n) is 2.98. The third-order valence-electron chi connectivity index (χ3n) is 3.98. The lowest BCUT2D eigenvalue weighted by Gasteiger charge is -2.33. The Labute approximate surface area is 137 Å². The molecule has 0 spiro atoms. The van der Waals surface area contributed by atoms with E-state index in [-0.39, 0.29) is 36.8 Å². The Kier molecular flexibility index (Phi) is 6.46. The molecule has 2 aliphatic heterocycles. The van der Waals surface area contributed by atoms with Crippen molar-refractivity contribution in [2.75, 3.05) is 19.7 Å². The number of aryl methyl sites for hydroxylation is 1. The van der Waals surface area contributed by atoms with Gasteiger partial charge in [0.05, 0.1) is 25.2 Å². The Bertz CT molecular complexity index is 482. The maximum atomic E-state index is 12.1. The fraction of sp³-hybridized carbons (Fsp3) is 0.692. The van der Waals surface area contributed by atoms with Gasteiger partial charge in [-0.2, -0.15) is 0 Å². The highest BCUT2D eigenvalue weighted by Crippen LogP contribution is 2.23. The van der Waals surface area contributed by atoms with Crippen LogP contribution in [-0.4, -0.2) is 58.2 Å². The Morgan fingerprint density at radius 3 is 2.86 bits per heavy atom. The monoisotopic (exact) mass is 336 g/mol. The first-order valence-electron chi connectivity index (χ1n) is 6.76. The van der Waals surface area contributed by atoms with Crippen LogP contribution in [0.5, 0.6) is 0 Å². The van der Waals surface area contributed by atoms with Crippen LogP contribution in [0.3, 0.4) is 0 Å². The molecular formula is C13H22Cl2N4O2. The van der Waals surface area contributed by atoms with Gasteiger partial charge in [0.2, 0.25) is 0 Å². The number of ether oxygens (including phenoxy) is 1. The SMILES string of the molecule is C[C@@H]1CN2C[C@H](NC(=O)c3cncn3C)C[C@H]2CO1.Cl.Cl. The summed E-state index contributed by atoms with van der Waals surface area (Å²) in [6, 6.07) is 0.661. The van der Waals surface area contributed by atoms with Crippen molar-refractivity contribution in [2.24, 2.45) is 7.05 Å². The second kappa shape index (κ2) is 7.45. The minimum Gasteiger partial charge on any atom is -0.376 e. The van der Waals surface area contributed by atoms with Crippen LogP contribution < -0.4 is 5.32 Å². The predicted molar refractivity (Wildman–Crippen MR) is 84.4 cm³/mol. The number of imidazole rings is 1. The van der Waals surface area contributed by atoms with Crippen LogP contribution in [0.4, 0.5) is 0 Å². The van der Waals surface area contributed by atoms with Crippen molar-refractivity contribution in [1.29, 1.82) is 0 Å². The van der Waals surface area contributed by atoms with E-state index in [1.165, 1.54) is 0 Å². The topological polar surface area (TPSA) is 59.4 Å². The quantitative estimate of drug-likeness (QED) is 0.870. The normalized spacial score (nSPS) is 28.2. The van der Waals surface area contributed by atoms with Crippen LogP contribution in [0.1, 0.15) is 23.8 Å². The first kappa shape index (κ1) is 18.2. The van der Waals surface area contributed by atoms with E-state index in [4.69, 9.17) is 4.74 Å². The Morgan fingerprint density at radius 1 is 1.43 bits per heavy atom.